The van der Waals surface area contributed by atoms with E-state index in [9.17, 15) is 19.5 Å². The predicted molar refractivity (Wildman–Crippen MR) is 69.8 cm³/mol. The van der Waals surface area contributed by atoms with Gasteiger partial charge in [0, 0.05) is 13.0 Å². The number of carboxylic acid groups (broad SMARTS) is 2. The highest BCUT2D eigenvalue weighted by atomic mass is 16.4. The van der Waals surface area contributed by atoms with Gasteiger partial charge >= 0.3 is 11.9 Å². The lowest BCUT2D eigenvalue weighted by atomic mass is 10.0. The Morgan fingerprint density at radius 1 is 1.11 bits per heavy atom. The maximum absolute atomic E-state index is 11.8. The third-order valence-electron chi connectivity index (χ3n) is 3.01. The van der Waals surface area contributed by atoms with Gasteiger partial charge in [-0.3, -0.25) is 9.59 Å². The summed E-state index contributed by atoms with van der Waals surface area (Å²) in [5, 5.41) is 18.1. The molecular weight excluding hydrogens is 250 g/mol. The smallest absolute Gasteiger partial charge is 0.326 e. The van der Waals surface area contributed by atoms with E-state index in [0.29, 0.717) is 12.8 Å². The van der Waals surface area contributed by atoms with Crippen molar-refractivity contribution in [2.75, 3.05) is 6.54 Å². The Morgan fingerprint density at radius 3 is 2.05 bits per heavy atom. The number of carbonyl (C=O) groups excluding carboxylic acids is 1. The van der Waals surface area contributed by atoms with Gasteiger partial charge in [-0.05, 0) is 6.42 Å². The van der Waals surface area contributed by atoms with E-state index in [2.05, 4.69) is 0 Å². The second-order valence-corrected chi connectivity index (χ2v) is 4.64. The van der Waals surface area contributed by atoms with Gasteiger partial charge in [-0.1, -0.05) is 33.6 Å². The standard InChI is InChI=1S/C13H23NO5/c1-4-6-7-10(13(18)19)14(11(15)5-2)8-9(3)12(16)17/h9-10H,4-8H2,1-3H3,(H,16,17)(H,18,19). The van der Waals surface area contributed by atoms with Crippen molar-refractivity contribution in [1.29, 1.82) is 0 Å². The molecule has 2 atom stereocenters. The summed E-state index contributed by atoms with van der Waals surface area (Å²) >= 11 is 0. The van der Waals surface area contributed by atoms with Crippen LogP contribution in [0.2, 0.25) is 0 Å². The molecule has 0 rings (SSSR count). The summed E-state index contributed by atoms with van der Waals surface area (Å²) in [7, 11) is 0. The maximum Gasteiger partial charge on any atom is 0.326 e. The first-order chi connectivity index (χ1) is 8.84. The van der Waals surface area contributed by atoms with Crippen molar-refractivity contribution in [2.24, 2.45) is 5.92 Å². The van der Waals surface area contributed by atoms with E-state index < -0.39 is 23.9 Å². The van der Waals surface area contributed by atoms with E-state index in [4.69, 9.17) is 5.11 Å². The summed E-state index contributed by atoms with van der Waals surface area (Å²) in [6.45, 7) is 4.98. The van der Waals surface area contributed by atoms with Gasteiger partial charge in [-0.25, -0.2) is 4.79 Å². The number of aliphatic carboxylic acids is 2. The average Bonchev–Trinajstić information content (AvgIpc) is 2.35. The lowest BCUT2D eigenvalue weighted by molar-refractivity contribution is -0.153. The lowest BCUT2D eigenvalue weighted by Gasteiger charge is -2.30. The molecule has 0 aliphatic rings. The van der Waals surface area contributed by atoms with E-state index in [1.807, 2.05) is 6.92 Å². The van der Waals surface area contributed by atoms with E-state index in [-0.39, 0.29) is 18.9 Å². The third kappa shape index (κ3) is 5.72. The number of carboxylic acids is 2. The first-order valence-electron chi connectivity index (χ1n) is 6.60. The van der Waals surface area contributed by atoms with Gasteiger partial charge < -0.3 is 15.1 Å². The average molecular weight is 273 g/mol. The third-order valence-corrected chi connectivity index (χ3v) is 3.01. The maximum atomic E-state index is 11.8. The Labute approximate surface area is 113 Å². The molecule has 0 fully saturated rings. The zero-order chi connectivity index (χ0) is 15.0. The Kier molecular flexibility index (Phi) is 7.79. The Bertz CT molecular complexity index is 329. The van der Waals surface area contributed by atoms with Crippen molar-refractivity contribution in [3.05, 3.63) is 0 Å². The largest absolute Gasteiger partial charge is 0.481 e. The van der Waals surface area contributed by atoms with Gasteiger partial charge in [0.2, 0.25) is 5.91 Å². The summed E-state index contributed by atoms with van der Waals surface area (Å²) in [5.74, 6) is -3.21. The van der Waals surface area contributed by atoms with Gasteiger partial charge in [0.15, 0.2) is 0 Å². The van der Waals surface area contributed by atoms with Crippen LogP contribution in [0.15, 0.2) is 0 Å². The molecule has 0 radical (unpaired) electrons. The van der Waals surface area contributed by atoms with Gasteiger partial charge in [0.1, 0.15) is 6.04 Å². The van der Waals surface area contributed by atoms with Crippen molar-refractivity contribution < 1.29 is 24.6 Å². The minimum atomic E-state index is -1.08. The molecule has 0 aromatic carbocycles. The quantitative estimate of drug-likeness (QED) is 0.665. The number of unbranched alkanes of at least 4 members (excludes halogenated alkanes) is 1. The van der Waals surface area contributed by atoms with Crippen molar-refractivity contribution in [2.45, 2.75) is 52.5 Å². The van der Waals surface area contributed by atoms with Crippen LogP contribution >= 0.6 is 0 Å². The fraction of sp³-hybridized carbons (Fsp3) is 0.769. The van der Waals surface area contributed by atoms with E-state index in [0.717, 1.165) is 6.42 Å². The monoisotopic (exact) mass is 273 g/mol. The van der Waals surface area contributed by atoms with Crippen LogP contribution in [0.25, 0.3) is 0 Å². The van der Waals surface area contributed by atoms with Crippen LogP contribution in [0.5, 0.6) is 0 Å². The van der Waals surface area contributed by atoms with Crippen LogP contribution < -0.4 is 0 Å². The molecular formula is C13H23NO5. The molecule has 6 heteroatoms. The van der Waals surface area contributed by atoms with Gasteiger partial charge in [0.05, 0.1) is 5.92 Å². The Balaban J connectivity index is 5.01. The van der Waals surface area contributed by atoms with Crippen LogP contribution in [0.3, 0.4) is 0 Å². The van der Waals surface area contributed by atoms with Crippen LogP contribution in [0.4, 0.5) is 0 Å². The molecule has 0 aromatic rings. The minimum Gasteiger partial charge on any atom is -0.481 e. The number of carbonyl (C=O) groups is 3. The second kappa shape index (κ2) is 8.50. The number of amides is 1. The number of nitrogens with zero attached hydrogens (tertiary/aromatic N) is 1. The number of rotatable bonds is 9. The minimum absolute atomic E-state index is 0.0668. The van der Waals surface area contributed by atoms with Crippen molar-refractivity contribution in [3.63, 3.8) is 0 Å². The predicted octanol–water partition coefficient (Wildman–Crippen LogP) is 1.59. The molecule has 0 saturated heterocycles. The summed E-state index contributed by atoms with van der Waals surface area (Å²) in [6, 6.07) is -0.936. The van der Waals surface area contributed by atoms with Crippen LogP contribution in [0.1, 0.15) is 46.5 Å². The topological polar surface area (TPSA) is 94.9 Å². The second-order valence-electron chi connectivity index (χ2n) is 4.64. The Hall–Kier alpha value is -1.59. The number of hydrogen-bond donors (Lipinski definition) is 2. The fourth-order valence-electron chi connectivity index (χ4n) is 1.79. The highest BCUT2D eigenvalue weighted by Crippen LogP contribution is 2.14. The van der Waals surface area contributed by atoms with Crippen molar-refractivity contribution >= 4 is 17.8 Å². The summed E-state index contributed by atoms with van der Waals surface area (Å²) in [6.07, 6.45) is 2.03. The van der Waals surface area contributed by atoms with Gasteiger partial charge in [-0.15, -0.1) is 0 Å². The fourth-order valence-corrected chi connectivity index (χ4v) is 1.79. The first kappa shape index (κ1) is 17.4. The lowest BCUT2D eigenvalue weighted by Crippen LogP contribution is -2.47. The van der Waals surface area contributed by atoms with Crippen molar-refractivity contribution in [3.8, 4) is 0 Å². The summed E-state index contributed by atoms with van der Waals surface area (Å²) in [4.78, 5) is 35.2. The first-order valence-corrected chi connectivity index (χ1v) is 6.60. The van der Waals surface area contributed by atoms with Gasteiger partial charge in [-0.2, -0.15) is 0 Å². The summed E-state index contributed by atoms with van der Waals surface area (Å²) < 4.78 is 0. The van der Waals surface area contributed by atoms with E-state index in [1.165, 1.54) is 11.8 Å². The molecule has 2 unspecified atom stereocenters. The Morgan fingerprint density at radius 2 is 1.68 bits per heavy atom. The van der Waals surface area contributed by atoms with Crippen molar-refractivity contribution in [1.82, 2.24) is 4.90 Å². The van der Waals surface area contributed by atoms with E-state index >= 15 is 0 Å². The SMILES string of the molecule is CCCCC(C(=O)O)N(CC(C)C(=O)O)C(=O)CC. The van der Waals surface area contributed by atoms with E-state index in [1.54, 1.807) is 6.92 Å². The molecule has 0 aromatic heterocycles. The molecule has 0 bridgehead atoms. The molecule has 0 heterocycles. The van der Waals surface area contributed by atoms with Gasteiger partial charge in [0.25, 0.3) is 0 Å². The molecule has 110 valence electrons. The zero-order valence-electron chi connectivity index (χ0n) is 11.8. The summed E-state index contributed by atoms with van der Waals surface area (Å²) in [5.41, 5.74) is 0. The highest BCUT2D eigenvalue weighted by molar-refractivity contribution is 5.84. The highest BCUT2D eigenvalue weighted by Gasteiger charge is 2.30. The molecule has 6 nitrogen and oxygen atoms in total. The van der Waals surface area contributed by atoms with Crippen LogP contribution in [-0.4, -0.2) is 45.5 Å². The molecule has 19 heavy (non-hydrogen) atoms. The molecule has 0 saturated carbocycles. The van der Waals surface area contributed by atoms with Crippen LogP contribution in [-0.2, 0) is 14.4 Å². The molecule has 1 amide bonds. The molecule has 0 spiro atoms. The molecule has 0 aliphatic heterocycles. The molecule has 2 N–H and O–H groups in total. The molecule has 0 aliphatic carbocycles. The number of hydrogen-bond acceptors (Lipinski definition) is 3. The normalized spacial score (nSPS) is 13.6. The van der Waals surface area contributed by atoms with Crippen LogP contribution in [0, 0.1) is 5.92 Å². The zero-order valence-corrected chi connectivity index (χ0v) is 11.8.